The van der Waals surface area contributed by atoms with E-state index < -0.39 is 18.0 Å². The fraction of sp³-hybridized carbons (Fsp3) is 0.300. The molecule has 1 rings (SSSR count). The number of aliphatic hydroxyl groups excluding tert-OH is 1. The van der Waals surface area contributed by atoms with Gasteiger partial charge in [0, 0.05) is 0 Å². The molecule has 3 nitrogen and oxygen atoms in total. The Labute approximate surface area is 85.3 Å². The van der Waals surface area contributed by atoms with Crippen molar-refractivity contribution < 1.29 is 23.4 Å². The van der Waals surface area contributed by atoms with E-state index in [2.05, 4.69) is 4.74 Å². The van der Waals surface area contributed by atoms with Crippen molar-refractivity contribution in [2.45, 2.75) is 12.0 Å². The molecule has 1 N–H and O–H groups in total. The molecular weight excluding hydrogens is 206 g/mol. The Morgan fingerprint density at radius 3 is 2.40 bits per heavy atom. The van der Waals surface area contributed by atoms with Crippen LogP contribution in [-0.4, -0.2) is 24.1 Å². The Morgan fingerprint density at radius 2 is 1.93 bits per heavy atom. The molecule has 1 unspecified atom stereocenters. The molecule has 0 amide bonds. The summed E-state index contributed by atoms with van der Waals surface area (Å²) in [6.45, 7) is 0. The lowest BCUT2D eigenvalue weighted by atomic mass is 10.0. The van der Waals surface area contributed by atoms with Crippen LogP contribution in [0.4, 0.5) is 8.78 Å². The maximum absolute atomic E-state index is 13.2. The van der Waals surface area contributed by atoms with Gasteiger partial charge < -0.3 is 9.84 Å². The molecule has 0 bridgehead atoms. The van der Waals surface area contributed by atoms with Crippen molar-refractivity contribution in [3.63, 3.8) is 0 Å². The van der Waals surface area contributed by atoms with E-state index in [0.717, 1.165) is 7.11 Å². The SMILES string of the molecule is COC(=O)C(F)(F)C(O)c1ccccc1. The molecule has 0 saturated carbocycles. The van der Waals surface area contributed by atoms with E-state index >= 15 is 0 Å². The highest BCUT2D eigenvalue weighted by molar-refractivity contribution is 5.78. The summed E-state index contributed by atoms with van der Waals surface area (Å²) in [5, 5.41) is 9.30. The van der Waals surface area contributed by atoms with Gasteiger partial charge in [0.25, 0.3) is 0 Å². The number of aliphatic hydroxyl groups is 1. The quantitative estimate of drug-likeness (QED) is 0.779. The zero-order valence-corrected chi connectivity index (χ0v) is 7.98. The molecule has 0 fully saturated rings. The van der Waals surface area contributed by atoms with Crippen molar-refractivity contribution in [1.82, 2.24) is 0 Å². The molecule has 15 heavy (non-hydrogen) atoms. The molecule has 0 saturated heterocycles. The molecule has 0 aliphatic heterocycles. The van der Waals surface area contributed by atoms with Gasteiger partial charge in [-0.25, -0.2) is 4.79 Å². The van der Waals surface area contributed by atoms with Crippen LogP contribution in [0.15, 0.2) is 30.3 Å². The molecule has 0 radical (unpaired) electrons. The monoisotopic (exact) mass is 216 g/mol. The predicted molar refractivity (Wildman–Crippen MR) is 48.4 cm³/mol. The van der Waals surface area contributed by atoms with E-state index in [1.54, 1.807) is 6.07 Å². The number of ether oxygens (including phenoxy) is 1. The Balaban J connectivity index is 2.94. The lowest BCUT2D eigenvalue weighted by molar-refractivity contribution is -0.186. The van der Waals surface area contributed by atoms with Crippen LogP contribution in [0.1, 0.15) is 11.7 Å². The predicted octanol–water partition coefficient (Wildman–Crippen LogP) is 1.53. The minimum atomic E-state index is -3.93. The van der Waals surface area contributed by atoms with E-state index in [0.29, 0.717) is 0 Å². The number of halogens is 2. The van der Waals surface area contributed by atoms with E-state index in [1.165, 1.54) is 24.3 Å². The number of carbonyl (C=O) groups excluding carboxylic acids is 1. The molecule has 0 spiro atoms. The molecule has 1 aromatic rings. The van der Waals surface area contributed by atoms with Crippen molar-refractivity contribution in [2.75, 3.05) is 7.11 Å². The first-order valence-electron chi connectivity index (χ1n) is 4.19. The highest BCUT2D eigenvalue weighted by Crippen LogP contribution is 2.31. The second kappa shape index (κ2) is 4.35. The Bertz CT molecular complexity index is 338. The summed E-state index contributed by atoms with van der Waals surface area (Å²) < 4.78 is 30.3. The lowest BCUT2D eigenvalue weighted by Crippen LogP contribution is -2.36. The lowest BCUT2D eigenvalue weighted by Gasteiger charge is -2.19. The maximum Gasteiger partial charge on any atom is 0.379 e. The summed E-state index contributed by atoms with van der Waals surface area (Å²) in [6, 6.07) is 7.22. The number of alkyl halides is 2. The third kappa shape index (κ3) is 2.30. The third-order valence-electron chi connectivity index (χ3n) is 1.92. The summed E-state index contributed by atoms with van der Waals surface area (Å²) in [5.41, 5.74) is -0.0344. The number of esters is 1. The molecule has 0 aliphatic rings. The van der Waals surface area contributed by atoms with Crippen LogP contribution in [0.5, 0.6) is 0 Å². The summed E-state index contributed by atoms with van der Waals surface area (Å²) in [4.78, 5) is 10.7. The van der Waals surface area contributed by atoms with Crippen molar-refractivity contribution in [1.29, 1.82) is 0 Å². The molecule has 0 aromatic heterocycles. The number of hydrogen-bond acceptors (Lipinski definition) is 3. The largest absolute Gasteiger partial charge is 0.464 e. The molecule has 1 atom stereocenters. The van der Waals surface area contributed by atoms with Gasteiger partial charge in [0.2, 0.25) is 0 Å². The van der Waals surface area contributed by atoms with Crippen LogP contribution in [0.25, 0.3) is 0 Å². The summed E-state index contributed by atoms with van der Waals surface area (Å²) in [7, 11) is 0.841. The summed E-state index contributed by atoms with van der Waals surface area (Å²) in [5.74, 6) is -5.69. The van der Waals surface area contributed by atoms with Crippen molar-refractivity contribution in [3.8, 4) is 0 Å². The molecule has 0 aliphatic carbocycles. The molecule has 0 heterocycles. The van der Waals surface area contributed by atoms with Crippen LogP contribution < -0.4 is 0 Å². The van der Waals surface area contributed by atoms with Crippen LogP contribution in [-0.2, 0) is 9.53 Å². The van der Waals surface area contributed by atoms with E-state index in [4.69, 9.17) is 0 Å². The fourth-order valence-corrected chi connectivity index (χ4v) is 1.09. The zero-order valence-electron chi connectivity index (χ0n) is 7.98. The maximum atomic E-state index is 13.2. The average Bonchev–Trinajstić information content (AvgIpc) is 2.28. The Kier molecular flexibility index (Phi) is 3.36. The van der Waals surface area contributed by atoms with Crippen LogP contribution in [0, 0.1) is 0 Å². The van der Waals surface area contributed by atoms with E-state index in [1.807, 2.05) is 0 Å². The van der Waals surface area contributed by atoms with Gasteiger partial charge in [0.15, 0.2) is 6.10 Å². The van der Waals surface area contributed by atoms with Gasteiger partial charge in [-0.1, -0.05) is 30.3 Å². The number of methoxy groups -OCH3 is 1. The molecule has 82 valence electrons. The van der Waals surface area contributed by atoms with Crippen molar-refractivity contribution in [2.24, 2.45) is 0 Å². The average molecular weight is 216 g/mol. The van der Waals surface area contributed by atoms with Gasteiger partial charge >= 0.3 is 11.9 Å². The molecule has 1 aromatic carbocycles. The highest BCUT2D eigenvalue weighted by Gasteiger charge is 2.48. The molecule has 5 heteroatoms. The zero-order chi connectivity index (χ0) is 11.5. The highest BCUT2D eigenvalue weighted by atomic mass is 19.3. The van der Waals surface area contributed by atoms with Gasteiger partial charge in [0.05, 0.1) is 7.11 Å². The van der Waals surface area contributed by atoms with Gasteiger partial charge in [0.1, 0.15) is 0 Å². The van der Waals surface area contributed by atoms with E-state index in [-0.39, 0.29) is 5.56 Å². The van der Waals surface area contributed by atoms with Crippen LogP contribution >= 0.6 is 0 Å². The molecular formula is C10H10F2O3. The smallest absolute Gasteiger partial charge is 0.379 e. The van der Waals surface area contributed by atoms with E-state index in [9.17, 15) is 18.7 Å². The fourth-order valence-electron chi connectivity index (χ4n) is 1.09. The van der Waals surface area contributed by atoms with Crippen LogP contribution in [0.2, 0.25) is 0 Å². The number of benzene rings is 1. The minimum Gasteiger partial charge on any atom is -0.464 e. The minimum absolute atomic E-state index is 0.0344. The second-order valence-corrected chi connectivity index (χ2v) is 2.93. The number of carbonyl (C=O) groups is 1. The topological polar surface area (TPSA) is 46.5 Å². The first kappa shape index (κ1) is 11.6. The first-order valence-corrected chi connectivity index (χ1v) is 4.19. The Hall–Kier alpha value is -1.49. The van der Waals surface area contributed by atoms with Gasteiger partial charge in [-0.2, -0.15) is 8.78 Å². The van der Waals surface area contributed by atoms with Gasteiger partial charge in [-0.15, -0.1) is 0 Å². The Morgan fingerprint density at radius 1 is 1.40 bits per heavy atom. The summed E-state index contributed by atoms with van der Waals surface area (Å²) >= 11 is 0. The number of hydrogen-bond donors (Lipinski definition) is 1. The van der Waals surface area contributed by atoms with Crippen molar-refractivity contribution >= 4 is 5.97 Å². The summed E-state index contributed by atoms with van der Waals surface area (Å²) in [6.07, 6.45) is -2.19. The van der Waals surface area contributed by atoms with Crippen molar-refractivity contribution in [3.05, 3.63) is 35.9 Å². The third-order valence-corrected chi connectivity index (χ3v) is 1.92. The standard InChI is InChI=1S/C10H10F2O3/c1-15-9(14)10(11,12)8(13)7-5-3-2-4-6-7/h2-6,8,13H,1H3. The van der Waals surface area contributed by atoms with Crippen LogP contribution in [0.3, 0.4) is 0 Å². The normalized spacial score (nSPS) is 13.3. The first-order chi connectivity index (χ1) is 7.00. The number of rotatable bonds is 3. The van der Waals surface area contributed by atoms with Gasteiger partial charge in [-0.3, -0.25) is 0 Å². The van der Waals surface area contributed by atoms with Gasteiger partial charge in [-0.05, 0) is 5.56 Å². The second-order valence-electron chi connectivity index (χ2n) is 2.93.